The van der Waals surface area contributed by atoms with E-state index in [4.69, 9.17) is 18.6 Å². The first-order valence-electron chi connectivity index (χ1n) is 11.2. The van der Waals surface area contributed by atoms with Crippen molar-refractivity contribution < 1.29 is 23.7 Å². The molecule has 0 unspecified atom stereocenters. The number of rotatable bonds is 9. The maximum atomic E-state index is 13.7. The molecule has 0 atom stereocenters. The lowest BCUT2D eigenvalue weighted by Gasteiger charge is -2.15. The van der Waals surface area contributed by atoms with Crippen molar-refractivity contribution in [2.24, 2.45) is 0 Å². The number of hydrogen-bond donors (Lipinski definition) is 1. The van der Waals surface area contributed by atoms with E-state index in [1.165, 1.54) is 30.4 Å². The molecule has 0 saturated heterocycles. The molecule has 6 heteroatoms. The maximum absolute atomic E-state index is 13.7. The Hall–Kier alpha value is -3.67. The van der Waals surface area contributed by atoms with Gasteiger partial charge in [-0.15, -0.1) is 0 Å². The average molecular weight is 465 g/mol. The lowest BCUT2D eigenvalue weighted by Crippen LogP contribution is -2.12. The molecular formula is C28H32O6. The number of phenols is 1. The molecule has 3 rings (SSSR count). The summed E-state index contributed by atoms with van der Waals surface area (Å²) < 4.78 is 22.5. The Morgan fingerprint density at radius 3 is 2.35 bits per heavy atom. The highest BCUT2D eigenvalue weighted by Gasteiger charge is 2.21. The van der Waals surface area contributed by atoms with Crippen LogP contribution in [0.25, 0.3) is 22.3 Å². The highest BCUT2D eigenvalue weighted by Crippen LogP contribution is 2.38. The number of benzene rings is 2. The standard InChI is InChI=1S/C28H32O6/c1-17(2)8-7-9-18(3)10-12-22-27(30)26-24(33-6)14-19(29)15-25(26)34-28(22)21-13-11-20(31-4)16-23(21)32-5/h8,10-11,13-16,29H,7,9,12H2,1-6H3/b18-10+. The van der Waals surface area contributed by atoms with Gasteiger partial charge in [0, 0.05) is 23.8 Å². The molecule has 1 N–H and O–H groups in total. The zero-order chi connectivity index (χ0) is 24.8. The summed E-state index contributed by atoms with van der Waals surface area (Å²) in [5, 5.41) is 10.4. The van der Waals surface area contributed by atoms with E-state index in [9.17, 15) is 9.90 Å². The Morgan fingerprint density at radius 1 is 0.971 bits per heavy atom. The molecule has 0 saturated carbocycles. The molecule has 0 amide bonds. The summed E-state index contributed by atoms with van der Waals surface area (Å²) in [5.74, 6) is 1.74. The Kier molecular flexibility index (Phi) is 8.05. The number of aromatic hydroxyl groups is 1. The van der Waals surface area contributed by atoms with Gasteiger partial charge >= 0.3 is 0 Å². The summed E-state index contributed by atoms with van der Waals surface area (Å²) in [4.78, 5) is 13.7. The lowest BCUT2D eigenvalue weighted by molar-refractivity contribution is 0.394. The van der Waals surface area contributed by atoms with Crippen LogP contribution in [0.15, 0.2) is 62.8 Å². The SMILES string of the molecule is COc1ccc(-c2oc3cc(O)cc(OC)c3c(=O)c2C/C=C(\C)CCC=C(C)C)c(OC)c1. The molecule has 2 aromatic carbocycles. The fourth-order valence-corrected chi connectivity index (χ4v) is 3.82. The summed E-state index contributed by atoms with van der Waals surface area (Å²) in [6.07, 6.45) is 6.50. The molecule has 0 fully saturated rings. The van der Waals surface area contributed by atoms with E-state index < -0.39 is 0 Å². The Bertz CT molecular complexity index is 1290. The summed E-state index contributed by atoms with van der Waals surface area (Å²) in [7, 11) is 4.59. The third kappa shape index (κ3) is 5.45. The molecule has 1 aromatic heterocycles. The van der Waals surface area contributed by atoms with E-state index >= 15 is 0 Å². The molecular weight excluding hydrogens is 432 g/mol. The van der Waals surface area contributed by atoms with Gasteiger partial charge in [0.2, 0.25) is 5.43 Å². The van der Waals surface area contributed by atoms with E-state index in [1.54, 1.807) is 32.4 Å². The zero-order valence-corrected chi connectivity index (χ0v) is 20.7. The largest absolute Gasteiger partial charge is 0.508 e. The van der Waals surface area contributed by atoms with Crippen LogP contribution in [0.1, 0.15) is 39.2 Å². The van der Waals surface area contributed by atoms with Crippen LogP contribution in [-0.2, 0) is 6.42 Å². The summed E-state index contributed by atoms with van der Waals surface area (Å²) >= 11 is 0. The number of fused-ring (bicyclic) bond motifs is 1. The van der Waals surface area contributed by atoms with Crippen LogP contribution in [0, 0.1) is 0 Å². The number of hydrogen-bond acceptors (Lipinski definition) is 6. The minimum Gasteiger partial charge on any atom is -0.508 e. The Morgan fingerprint density at radius 2 is 1.71 bits per heavy atom. The van der Waals surface area contributed by atoms with E-state index in [-0.39, 0.29) is 22.5 Å². The van der Waals surface area contributed by atoms with Crippen LogP contribution in [0.5, 0.6) is 23.0 Å². The van der Waals surface area contributed by atoms with Crippen LogP contribution < -0.4 is 19.6 Å². The topological polar surface area (TPSA) is 78.1 Å². The Labute approximate surface area is 200 Å². The number of ether oxygens (including phenoxy) is 3. The van der Waals surface area contributed by atoms with Gasteiger partial charge in [0.05, 0.1) is 26.9 Å². The molecule has 0 aliphatic rings. The van der Waals surface area contributed by atoms with Gasteiger partial charge in [-0.05, 0) is 52.2 Å². The second kappa shape index (κ2) is 11.0. The van der Waals surface area contributed by atoms with Crippen molar-refractivity contribution >= 4 is 11.0 Å². The van der Waals surface area contributed by atoms with Gasteiger partial charge in [0.1, 0.15) is 39.7 Å². The van der Waals surface area contributed by atoms with E-state index in [0.29, 0.717) is 40.2 Å². The second-order valence-corrected chi connectivity index (χ2v) is 8.40. The average Bonchev–Trinajstić information content (AvgIpc) is 2.81. The number of phenolic OH excluding ortho intramolecular Hbond substituents is 1. The number of methoxy groups -OCH3 is 3. The van der Waals surface area contributed by atoms with Crippen LogP contribution in [0.4, 0.5) is 0 Å². The predicted octanol–water partition coefficient (Wildman–Crippen LogP) is 6.43. The van der Waals surface area contributed by atoms with Crippen molar-refractivity contribution in [3.05, 3.63) is 69.4 Å². The van der Waals surface area contributed by atoms with Crippen LogP contribution in [-0.4, -0.2) is 26.4 Å². The van der Waals surface area contributed by atoms with Gasteiger partial charge in [0.15, 0.2) is 0 Å². The molecule has 0 aliphatic carbocycles. The van der Waals surface area contributed by atoms with Crippen molar-refractivity contribution in [2.75, 3.05) is 21.3 Å². The van der Waals surface area contributed by atoms with E-state index in [2.05, 4.69) is 32.9 Å². The molecule has 0 aliphatic heterocycles. The fraction of sp³-hybridized carbons (Fsp3) is 0.321. The van der Waals surface area contributed by atoms with Gasteiger partial charge in [-0.1, -0.05) is 23.3 Å². The summed E-state index contributed by atoms with van der Waals surface area (Å²) in [5.41, 5.74) is 3.60. The summed E-state index contributed by atoms with van der Waals surface area (Å²) in [6.45, 7) is 6.23. The quantitative estimate of drug-likeness (QED) is 0.368. The predicted molar refractivity (Wildman–Crippen MR) is 135 cm³/mol. The minimum atomic E-state index is -0.209. The van der Waals surface area contributed by atoms with E-state index in [0.717, 1.165) is 12.8 Å². The van der Waals surface area contributed by atoms with Gasteiger partial charge < -0.3 is 23.7 Å². The maximum Gasteiger partial charge on any atom is 0.200 e. The molecule has 3 aromatic rings. The lowest BCUT2D eigenvalue weighted by atomic mass is 9.99. The third-order valence-corrected chi connectivity index (χ3v) is 5.66. The van der Waals surface area contributed by atoms with Crippen molar-refractivity contribution in [2.45, 2.75) is 40.0 Å². The van der Waals surface area contributed by atoms with Crippen molar-refractivity contribution in [1.29, 1.82) is 0 Å². The van der Waals surface area contributed by atoms with Crippen LogP contribution in [0.3, 0.4) is 0 Å². The molecule has 0 bridgehead atoms. The van der Waals surface area contributed by atoms with Gasteiger partial charge in [-0.2, -0.15) is 0 Å². The first-order valence-corrected chi connectivity index (χ1v) is 11.2. The molecule has 1 heterocycles. The fourth-order valence-electron chi connectivity index (χ4n) is 3.82. The monoisotopic (exact) mass is 464 g/mol. The van der Waals surface area contributed by atoms with E-state index in [1.807, 2.05) is 0 Å². The number of allylic oxidation sites excluding steroid dienone is 4. The molecule has 0 radical (unpaired) electrons. The molecule has 180 valence electrons. The smallest absolute Gasteiger partial charge is 0.200 e. The van der Waals surface area contributed by atoms with Gasteiger partial charge in [-0.25, -0.2) is 0 Å². The highest BCUT2D eigenvalue weighted by molar-refractivity contribution is 5.88. The van der Waals surface area contributed by atoms with Crippen molar-refractivity contribution in [1.82, 2.24) is 0 Å². The second-order valence-electron chi connectivity index (χ2n) is 8.40. The zero-order valence-electron chi connectivity index (χ0n) is 20.7. The minimum absolute atomic E-state index is 0.0529. The third-order valence-electron chi connectivity index (χ3n) is 5.66. The molecule has 6 nitrogen and oxygen atoms in total. The molecule has 34 heavy (non-hydrogen) atoms. The first-order chi connectivity index (χ1) is 16.3. The normalized spacial score (nSPS) is 11.4. The Balaban J connectivity index is 2.22. The first kappa shape index (κ1) is 25.0. The van der Waals surface area contributed by atoms with Crippen molar-refractivity contribution in [3.8, 4) is 34.3 Å². The van der Waals surface area contributed by atoms with Gasteiger partial charge in [0.25, 0.3) is 0 Å². The van der Waals surface area contributed by atoms with Gasteiger partial charge in [-0.3, -0.25) is 4.79 Å². The van der Waals surface area contributed by atoms with Crippen LogP contribution in [0.2, 0.25) is 0 Å². The highest BCUT2D eigenvalue weighted by atomic mass is 16.5. The summed E-state index contributed by atoms with van der Waals surface area (Å²) in [6, 6.07) is 8.17. The molecule has 0 spiro atoms. The van der Waals surface area contributed by atoms with Crippen LogP contribution >= 0.6 is 0 Å². The van der Waals surface area contributed by atoms with Crippen molar-refractivity contribution in [3.63, 3.8) is 0 Å².